The van der Waals surface area contributed by atoms with Crippen LogP contribution in [0.5, 0.6) is 0 Å². The van der Waals surface area contributed by atoms with E-state index in [0.717, 1.165) is 11.8 Å². The third-order valence-corrected chi connectivity index (χ3v) is 1.99. The molecule has 0 bridgehead atoms. The fourth-order valence-corrected chi connectivity index (χ4v) is 1.23. The van der Waals surface area contributed by atoms with Crippen molar-refractivity contribution >= 4 is 0 Å². The van der Waals surface area contributed by atoms with E-state index in [2.05, 4.69) is 27.7 Å². The van der Waals surface area contributed by atoms with Crippen molar-refractivity contribution in [2.75, 3.05) is 0 Å². The zero-order valence-corrected chi connectivity index (χ0v) is 8.57. The summed E-state index contributed by atoms with van der Waals surface area (Å²) in [5.74, 6) is 1.83. The Kier molecular flexibility index (Phi) is 11.4. The van der Waals surface area contributed by atoms with Gasteiger partial charge in [-0.25, -0.2) is 0 Å². The van der Waals surface area contributed by atoms with Crippen LogP contribution in [0, 0.1) is 11.8 Å². The maximum Gasteiger partial charge on any atom is -0.0396 e. The molecule has 0 saturated carbocycles. The van der Waals surface area contributed by atoms with Gasteiger partial charge in [0.1, 0.15) is 0 Å². The molecule has 64 valence electrons. The summed E-state index contributed by atoms with van der Waals surface area (Å²) in [5.41, 5.74) is 0. The lowest BCUT2D eigenvalue weighted by atomic mass is 9.91. The molecular formula is C10H24. The molecule has 0 aliphatic carbocycles. The van der Waals surface area contributed by atoms with Crippen LogP contribution in [0.25, 0.3) is 0 Å². The first kappa shape index (κ1) is 12.7. The monoisotopic (exact) mass is 144 g/mol. The van der Waals surface area contributed by atoms with Gasteiger partial charge < -0.3 is 0 Å². The third kappa shape index (κ3) is 6.12. The Balaban J connectivity index is 0. The van der Waals surface area contributed by atoms with E-state index in [1.54, 1.807) is 0 Å². The second-order valence-corrected chi connectivity index (χ2v) is 2.82. The molecule has 0 saturated heterocycles. The Morgan fingerprint density at radius 2 is 1.20 bits per heavy atom. The van der Waals surface area contributed by atoms with Crippen LogP contribution in [0.4, 0.5) is 0 Å². The van der Waals surface area contributed by atoms with Gasteiger partial charge in [-0.15, -0.1) is 0 Å². The smallest absolute Gasteiger partial charge is 0.0396 e. The van der Waals surface area contributed by atoms with Gasteiger partial charge in [0, 0.05) is 0 Å². The molecule has 0 heterocycles. The highest BCUT2D eigenvalue weighted by atomic mass is 14.1. The van der Waals surface area contributed by atoms with E-state index in [-0.39, 0.29) is 0 Å². The van der Waals surface area contributed by atoms with Gasteiger partial charge in [0.15, 0.2) is 0 Å². The maximum atomic E-state index is 2.30. The summed E-state index contributed by atoms with van der Waals surface area (Å²) in [5, 5.41) is 0. The van der Waals surface area contributed by atoms with Gasteiger partial charge in [0.2, 0.25) is 0 Å². The van der Waals surface area contributed by atoms with Crippen LogP contribution in [0.15, 0.2) is 0 Å². The number of rotatable bonds is 3. The van der Waals surface area contributed by atoms with Gasteiger partial charge in [0.05, 0.1) is 0 Å². The van der Waals surface area contributed by atoms with Crippen molar-refractivity contribution < 1.29 is 0 Å². The standard InChI is InChI=1S/C8H18.C2H6/c1-5-8(6-2)7(3)4;1-2/h7-8H,5-6H2,1-4H3;1-2H3. The Morgan fingerprint density at radius 1 is 0.900 bits per heavy atom. The Hall–Kier alpha value is 0. The molecule has 0 amide bonds. The van der Waals surface area contributed by atoms with Crippen LogP contribution in [-0.4, -0.2) is 0 Å². The van der Waals surface area contributed by atoms with Gasteiger partial charge in [-0.1, -0.05) is 54.4 Å². The maximum absolute atomic E-state index is 2.30. The lowest BCUT2D eigenvalue weighted by molar-refractivity contribution is 0.362. The minimum Gasteiger partial charge on any atom is -0.0683 e. The molecule has 10 heavy (non-hydrogen) atoms. The van der Waals surface area contributed by atoms with E-state index < -0.39 is 0 Å². The molecule has 0 aromatic rings. The molecule has 0 aromatic carbocycles. The topological polar surface area (TPSA) is 0 Å². The van der Waals surface area contributed by atoms with Crippen molar-refractivity contribution in [3.63, 3.8) is 0 Å². The van der Waals surface area contributed by atoms with Crippen molar-refractivity contribution in [2.24, 2.45) is 11.8 Å². The van der Waals surface area contributed by atoms with Crippen LogP contribution in [0.1, 0.15) is 54.4 Å². The van der Waals surface area contributed by atoms with E-state index in [1.165, 1.54) is 12.8 Å². The third-order valence-electron chi connectivity index (χ3n) is 1.99. The molecule has 0 nitrogen and oxygen atoms in total. The molecule has 0 aliphatic heterocycles. The minimum atomic E-state index is 0.880. The first-order valence-electron chi connectivity index (χ1n) is 4.72. The first-order chi connectivity index (χ1) is 4.72. The lowest BCUT2D eigenvalue weighted by Gasteiger charge is -2.15. The van der Waals surface area contributed by atoms with E-state index in [4.69, 9.17) is 0 Å². The Labute approximate surface area is 67.0 Å². The van der Waals surface area contributed by atoms with Crippen LogP contribution < -0.4 is 0 Å². The minimum absolute atomic E-state index is 0.880. The summed E-state index contributed by atoms with van der Waals surface area (Å²) in [6.45, 7) is 13.2. The summed E-state index contributed by atoms with van der Waals surface area (Å²) in [7, 11) is 0. The average molecular weight is 144 g/mol. The normalized spacial score (nSPS) is 9.60. The van der Waals surface area contributed by atoms with Crippen molar-refractivity contribution in [3.05, 3.63) is 0 Å². The van der Waals surface area contributed by atoms with E-state index in [9.17, 15) is 0 Å². The number of hydrogen-bond acceptors (Lipinski definition) is 0. The molecule has 0 unspecified atom stereocenters. The summed E-state index contributed by atoms with van der Waals surface area (Å²) < 4.78 is 0. The Morgan fingerprint density at radius 3 is 1.20 bits per heavy atom. The first-order valence-corrected chi connectivity index (χ1v) is 4.72. The van der Waals surface area contributed by atoms with Crippen LogP contribution in [-0.2, 0) is 0 Å². The number of hydrogen-bond donors (Lipinski definition) is 0. The van der Waals surface area contributed by atoms with Crippen molar-refractivity contribution in [3.8, 4) is 0 Å². The Bertz CT molecular complexity index is 42.0. The fraction of sp³-hybridized carbons (Fsp3) is 1.00. The highest BCUT2D eigenvalue weighted by Crippen LogP contribution is 2.17. The second-order valence-electron chi connectivity index (χ2n) is 2.82. The quantitative estimate of drug-likeness (QED) is 0.559. The molecule has 0 atom stereocenters. The molecular weight excluding hydrogens is 120 g/mol. The zero-order chi connectivity index (χ0) is 8.57. The lowest BCUT2D eigenvalue weighted by Crippen LogP contribution is -2.04. The van der Waals surface area contributed by atoms with Crippen LogP contribution in [0.3, 0.4) is 0 Å². The predicted octanol–water partition coefficient (Wildman–Crippen LogP) is 4.10. The molecule has 0 aromatic heterocycles. The van der Waals surface area contributed by atoms with Crippen molar-refractivity contribution in [1.29, 1.82) is 0 Å². The molecule has 0 aliphatic rings. The second kappa shape index (κ2) is 9.00. The van der Waals surface area contributed by atoms with E-state index in [1.807, 2.05) is 13.8 Å². The highest BCUT2D eigenvalue weighted by molar-refractivity contribution is 4.57. The SMILES string of the molecule is CC.CCC(CC)C(C)C. The summed E-state index contributed by atoms with van der Waals surface area (Å²) in [6.07, 6.45) is 2.68. The van der Waals surface area contributed by atoms with Crippen molar-refractivity contribution in [2.45, 2.75) is 54.4 Å². The van der Waals surface area contributed by atoms with Gasteiger partial charge >= 0.3 is 0 Å². The van der Waals surface area contributed by atoms with Gasteiger partial charge in [-0.3, -0.25) is 0 Å². The summed E-state index contributed by atoms with van der Waals surface area (Å²) in [6, 6.07) is 0. The molecule has 0 spiro atoms. The van der Waals surface area contributed by atoms with Crippen LogP contribution >= 0.6 is 0 Å². The molecule has 0 N–H and O–H groups in total. The van der Waals surface area contributed by atoms with Gasteiger partial charge in [-0.2, -0.15) is 0 Å². The largest absolute Gasteiger partial charge is 0.0683 e. The highest BCUT2D eigenvalue weighted by Gasteiger charge is 2.06. The average Bonchev–Trinajstić information content (AvgIpc) is 1.94. The van der Waals surface area contributed by atoms with Gasteiger partial charge in [0.25, 0.3) is 0 Å². The zero-order valence-electron chi connectivity index (χ0n) is 8.57. The van der Waals surface area contributed by atoms with Crippen LogP contribution in [0.2, 0.25) is 0 Å². The molecule has 0 radical (unpaired) electrons. The van der Waals surface area contributed by atoms with Gasteiger partial charge in [-0.05, 0) is 11.8 Å². The molecule has 0 fully saturated rings. The molecule has 0 heteroatoms. The molecule has 0 rings (SSSR count). The summed E-state index contributed by atoms with van der Waals surface area (Å²) in [4.78, 5) is 0. The predicted molar refractivity (Wildman–Crippen MR) is 50.3 cm³/mol. The summed E-state index contributed by atoms with van der Waals surface area (Å²) >= 11 is 0. The fourth-order valence-electron chi connectivity index (χ4n) is 1.23. The van der Waals surface area contributed by atoms with Crippen molar-refractivity contribution in [1.82, 2.24) is 0 Å². The van der Waals surface area contributed by atoms with E-state index >= 15 is 0 Å². The van der Waals surface area contributed by atoms with E-state index in [0.29, 0.717) is 0 Å².